The first-order valence-electron chi connectivity index (χ1n) is 8.26. The maximum absolute atomic E-state index is 4.55. The standard InChI is InChI=1S/C18H31N3/c1-15(2)12-18(4,5)14-20-8-10-21(11-9-20)17-7-6-16(3)13-19-17/h6-7,13,15H,8-12,14H2,1-5H3. The molecule has 0 atom stereocenters. The number of anilines is 1. The first kappa shape index (κ1) is 16.3. The van der Waals surface area contributed by atoms with Crippen molar-refractivity contribution >= 4 is 5.82 Å². The second kappa shape index (κ2) is 6.78. The number of rotatable bonds is 5. The van der Waals surface area contributed by atoms with Crippen LogP contribution < -0.4 is 4.90 Å². The lowest BCUT2D eigenvalue weighted by molar-refractivity contribution is 0.149. The molecule has 2 heterocycles. The normalized spacial score (nSPS) is 17.5. The van der Waals surface area contributed by atoms with E-state index in [1.165, 1.54) is 18.5 Å². The fraction of sp³-hybridized carbons (Fsp3) is 0.722. The molecule has 1 fully saturated rings. The fourth-order valence-corrected chi connectivity index (χ4v) is 3.56. The molecule has 1 aromatic rings. The molecule has 0 bridgehead atoms. The van der Waals surface area contributed by atoms with Gasteiger partial charge in [0.1, 0.15) is 5.82 Å². The number of aryl methyl sites for hydroxylation is 1. The zero-order chi connectivity index (χ0) is 15.5. The van der Waals surface area contributed by atoms with Gasteiger partial charge in [-0.3, -0.25) is 4.90 Å². The highest BCUT2D eigenvalue weighted by Crippen LogP contribution is 2.27. The van der Waals surface area contributed by atoms with Crippen LogP contribution >= 0.6 is 0 Å². The van der Waals surface area contributed by atoms with Gasteiger partial charge in [-0.25, -0.2) is 4.98 Å². The van der Waals surface area contributed by atoms with E-state index >= 15 is 0 Å². The van der Waals surface area contributed by atoms with Crippen LogP contribution in [0.5, 0.6) is 0 Å². The maximum atomic E-state index is 4.55. The molecule has 0 amide bonds. The van der Waals surface area contributed by atoms with Crippen molar-refractivity contribution < 1.29 is 0 Å². The summed E-state index contributed by atoms with van der Waals surface area (Å²) < 4.78 is 0. The van der Waals surface area contributed by atoms with Crippen LogP contribution in [0.4, 0.5) is 5.82 Å². The molecular weight excluding hydrogens is 258 g/mol. The Bertz CT molecular complexity index is 428. The minimum Gasteiger partial charge on any atom is -0.354 e. The van der Waals surface area contributed by atoms with Gasteiger partial charge in [-0.1, -0.05) is 33.8 Å². The number of pyridine rings is 1. The van der Waals surface area contributed by atoms with Crippen molar-refractivity contribution in [1.29, 1.82) is 0 Å². The van der Waals surface area contributed by atoms with Crippen molar-refractivity contribution in [3.05, 3.63) is 23.9 Å². The van der Waals surface area contributed by atoms with Crippen LogP contribution in [0.2, 0.25) is 0 Å². The third-order valence-corrected chi connectivity index (χ3v) is 4.20. The smallest absolute Gasteiger partial charge is 0.128 e. The first-order chi connectivity index (χ1) is 9.85. The second-order valence-electron chi connectivity index (χ2n) is 7.72. The van der Waals surface area contributed by atoms with Gasteiger partial charge >= 0.3 is 0 Å². The summed E-state index contributed by atoms with van der Waals surface area (Å²) in [7, 11) is 0. The fourth-order valence-electron chi connectivity index (χ4n) is 3.56. The zero-order valence-electron chi connectivity index (χ0n) is 14.4. The molecule has 0 unspecified atom stereocenters. The highest BCUT2D eigenvalue weighted by molar-refractivity contribution is 5.39. The van der Waals surface area contributed by atoms with E-state index in [9.17, 15) is 0 Å². The number of aromatic nitrogens is 1. The molecule has 0 radical (unpaired) electrons. The summed E-state index contributed by atoms with van der Waals surface area (Å²) in [4.78, 5) is 9.57. The predicted octanol–water partition coefficient (Wildman–Crippen LogP) is 3.58. The van der Waals surface area contributed by atoms with Crippen LogP contribution in [-0.4, -0.2) is 42.6 Å². The van der Waals surface area contributed by atoms with Crippen LogP contribution in [0, 0.1) is 18.3 Å². The summed E-state index contributed by atoms with van der Waals surface area (Å²) in [6, 6.07) is 4.30. The van der Waals surface area contributed by atoms with Gasteiger partial charge in [0.05, 0.1) is 0 Å². The number of piperazine rings is 1. The Labute approximate surface area is 130 Å². The summed E-state index contributed by atoms with van der Waals surface area (Å²) in [5, 5.41) is 0. The van der Waals surface area contributed by atoms with Crippen molar-refractivity contribution in [2.24, 2.45) is 11.3 Å². The maximum Gasteiger partial charge on any atom is 0.128 e. The second-order valence-corrected chi connectivity index (χ2v) is 7.72. The summed E-state index contributed by atoms with van der Waals surface area (Å²) in [5.74, 6) is 1.90. The van der Waals surface area contributed by atoms with Gasteiger partial charge in [0.25, 0.3) is 0 Å². The van der Waals surface area contributed by atoms with E-state index in [1.807, 2.05) is 6.20 Å². The van der Waals surface area contributed by atoms with Gasteiger partial charge in [-0.15, -0.1) is 0 Å². The van der Waals surface area contributed by atoms with Gasteiger partial charge in [0, 0.05) is 38.9 Å². The molecule has 1 aliphatic heterocycles. The van der Waals surface area contributed by atoms with Gasteiger partial charge in [0.15, 0.2) is 0 Å². The molecule has 118 valence electrons. The molecule has 1 saturated heterocycles. The van der Waals surface area contributed by atoms with Crippen LogP contribution in [0.25, 0.3) is 0 Å². The Hall–Kier alpha value is -1.09. The number of hydrogen-bond donors (Lipinski definition) is 0. The molecule has 0 aliphatic carbocycles. The average Bonchev–Trinajstić information content (AvgIpc) is 2.38. The Morgan fingerprint density at radius 2 is 1.81 bits per heavy atom. The summed E-state index contributed by atoms with van der Waals surface area (Å²) >= 11 is 0. The molecule has 1 aliphatic rings. The van der Waals surface area contributed by atoms with E-state index in [0.29, 0.717) is 5.41 Å². The number of nitrogens with zero attached hydrogens (tertiary/aromatic N) is 3. The van der Waals surface area contributed by atoms with E-state index in [0.717, 1.165) is 37.9 Å². The highest BCUT2D eigenvalue weighted by atomic mass is 15.3. The molecule has 0 aromatic carbocycles. The number of hydrogen-bond acceptors (Lipinski definition) is 3. The topological polar surface area (TPSA) is 19.4 Å². The lowest BCUT2D eigenvalue weighted by Gasteiger charge is -2.40. The van der Waals surface area contributed by atoms with E-state index in [1.54, 1.807) is 0 Å². The van der Waals surface area contributed by atoms with Gasteiger partial charge in [-0.05, 0) is 36.3 Å². The molecule has 3 heteroatoms. The van der Waals surface area contributed by atoms with Crippen LogP contribution in [0.15, 0.2) is 18.3 Å². The third kappa shape index (κ3) is 4.99. The Morgan fingerprint density at radius 3 is 2.33 bits per heavy atom. The first-order valence-corrected chi connectivity index (χ1v) is 8.26. The van der Waals surface area contributed by atoms with E-state index < -0.39 is 0 Å². The monoisotopic (exact) mass is 289 g/mol. The molecule has 2 rings (SSSR count). The van der Waals surface area contributed by atoms with Crippen LogP contribution in [-0.2, 0) is 0 Å². The summed E-state index contributed by atoms with van der Waals surface area (Å²) in [6.07, 6.45) is 3.26. The minimum atomic E-state index is 0.415. The van der Waals surface area contributed by atoms with Crippen molar-refractivity contribution in [1.82, 2.24) is 9.88 Å². The zero-order valence-corrected chi connectivity index (χ0v) is 14.4. The molecule has 0 saturated carbocycles. The van der Waals surface area contributed by atoms with Crippen molar-refractivity contribution in [3.63, 3.8) is 0 Å². The molecule has 0 N–H and O–H groups in total. The van der Waals surface area contributed by atoms with Gasteiger partial charge in [0.2, 0.25) is 0 Å². The van der Waals surface area contributed by atoms with E-state index in [-0.39, 0.29) is 0 Å². The molecule has 0 spiro atoms. The minimum absolute atomic E-state index is 0.415. The lowest BCUT2D eigenvalue weighted by atomic mass is 9.83. The highest BCUT2D eigenvalue weighted by Gasteiger charge is 2.25. The van der Waals surface area contributed by atoms with Gasteiger partial charge < -0.3 is 4.90 Å². The van der Waals surface area contributed by atoms with E-state index in [2.05, 4.69) is 61.5 Å². The third-order valence-electron chi connectivity index (χ3n) is 4.20. The molecule has 3 nitrogen and oxygen atoms in total. The predicted molar refractivity (Wildman–Crippen MR) is 90.9 cm³/mol. The van der Waals surface area contributed by atoms with Crippen LogP contribution in [0.1, 0.15) is 39.7 Å². The largest absolute Gasteiger partial charge is 0.354 e. The van der Waals surface area contributed by atoms with Crippen molar-refractivity contribution in [2.75, 3.05) is 37.6 Å². The Balaban J connectivity index is 1.84. The van der Waals surface area contributed by atoms with E-state index in [4.69, 9.17) is 0 Å². The summed E-state index contributed by atoms with van der Waals surface area (Å²) in [5.41, 5.74) is 1.64. The lowest BCUT2D eigenvalue weighted by Crippen LogP contribution is -2.49. The molecular formula is C18H31N3. The SMILES string of the molecule is Cc1ccc(N2CCN(CC(C)(C)CC(C)C)CC2)nc1. The molecule has 21 heavy (non-hydrogen) atoms. The van der Waals surface area contributed by atoms with Crippen LogP contribution in [0.3, 0.4) is 0 Å². The Morgan fingerprint density at radius 1 is 1.14 bits per heavy atom. The average molecular weight is 289 g/mol. The van der Waals surface area contributed by atoms with Crippen molar-refractivity contribution in [3.8, 4) is 0 Å². The molecule has 1 aromatic heterocycles. The Kier molecular flexibility index (Phi) is 5.26. The summed E-state index contributed by atoms with van der Waals surface area (Å²) in [6.45, 7) is 17.2. The quantitative estimate of drug-likeness (QED) is 0.826. The van der Waals surface area contributed by atoms with Gasteiger partial charge in [-0.2, -0.15) is 0 Å². The van der Waals surface area contributed by atoms with Crippen molar-refractivity contribution in [2.45, 2.75) is 41.0 Å².